The second kappa shape index (κ2) is 6.52. The molecule has 3 aromatic rings. The molecule has 7 heteroatoms. The van der Waals surface area contributed by atoms with Gasteiger partial charge in [-0.15, -0.1) is 0 Å². The lowest BCUT2D eigenvalue weighted by Gasteiger charge is -2.36. The van der Waals surface area contributed by atoms with Gasteiger partial charge in [-0.25, -0.2) is 0 Å². The summed E-state index contributed by atoms with van der Waals surface area (Å²) in [5.74, 6) is 1.76. The Bertz CT molecular complexity index is 849. The number of carbonyl (C=O) groups is 1. The van der Waals surface area contributed by atoms with Crippen LogP contribution in [0.15, 0.2) is 51.6 Å². The second-order valence-corrected chi connectivity index (χ2v) is 6.24. The van der Waals surface area contributed by atoms with Crippen LogP contribution in [0.2, 0.25) is 0 Å². The van der Waals surface area contributed by atoms with Gasteiger partial charge in [-0.05, 0) is 31.2 Å². The van der Waals surface area contributed by atoms with Crippen molar-refractivity contribution in [2.75, 3.05) is 25.0 Å². The molecule has 0 atom stereocenters. The fraction of sp³-hybridized carbons (Fsp3) is 0.278. The molecule has 1 aliphatic rings. The van der Waals surface area contributed by atoms with E-state index < -0.39 is 0 Å². The molecule has 7 nitrogen and oxygen atoms in total. The van der Waals surface area contributed by atoms with E-state index >= 15 is 0 Å². The van der Waals surface area contributed by atoms with Gasteiger partial charge < -0.3 is 14.3 Å². The standard InChI is InChI=1S/C18H18N4O3/c1-12-4-6-14(7-5-12)19-16(23)11-22-9-13(10-22)18-20-17(21-25-18)15-3-2-8-24-15/h2-8,13H,9-11H2,1H3,(H,19,23). The van der Waals surface area contributed by atoms with Crippen LogP contribution in [0.25, 0.3) is 11.6 Å². The van der Waals surface area contributed by atoms with E-state index in [9.17, 15) is 4.79 Å². The molecule has 1 aliphatic heterocycles. The van der Waals surface area contributed by atoms with Gasteiger partial charge in [-0.2, -0.15) is 4.98 Å². The molecule has 0 unspecified atom stereocenters. The number of anilines is 1. The first-order chi connectivity index (χ1) is 12.2. The fourth-order valence-corrected chi connectivity index (χ4v) is 2.80. The van der Waals surface area contributed by atoms with Gasteiger partial charge >= 0.3 is 0 Å². The molecule has 1 N–H and O–H groups in total. The van der Waals surface area contributed by atoms with Gasteiger partial charge in [0.05, 0.1) is 18.7 Å². The van der Waals surface area contributed by atoms with Gasteiger partial charge in [-0.1, -0.05) is 22.9 Å². The highest BCUT2D eigenvalue weighted by atomic mass is 16.5. The summed E-state index contributed by atoms with van der Waals surface area (Å²) in [6.45, 7) is 3.81. The molecule has 0 aliphatic carbocycles. The molecule has 0 spiro atoms. The van der Waals surface area contributed by atoms with Crippen molar-refractivity contribution >= 4 is 11.6 Å². The molecule has 0 bridgehead atoms. The van der Waals surface area contributed by atoms with Crippen LogP contribution < -0.4 is 5.32 Å². The molecule has 1 amide bonds. The minimum Gasteiger partial charge on any atom is -0.461 e. The topological polar surface area (TPSA) is 84.4 Å². The molecule has 0 saturated carbocycles. The Morgan fingerprint density at radius 1 is 1.28 bits per heavy atom. The summed E-state index contributed by atoms with van der Waals surface area (Å²) in [5.41, 5.74) is 1.98. The number of carbonyl (C=O) groups excluding carboxylic acids is 1. The third kappa shape index (κ3) is 3.46. The maximum absolute atomic E-state index is 12.1. The van der Waals surface area contributed by atoms with E-state index in [1.807, 2.05) is 36.1 Å². The van der Waals surface area contributed by atoms with Crippen molar-refractivity contribution in [1.82, 2.24) is 15.0 Å². The minimum atomic E-state index is -0.0240. The predicted molar refractivity (Wildman–Crippen MR) is 91.0 cm³/mol. The summed E-state index contributed by atoms with van der Waals surface area (Å²) < 4.78 is 10.6. The summed E-state index contributed by atoms with van der Waals surface area (Å²) in [5, 5.41) is 6.83. The molecule has 2 aromatic heterocycles. The van der Waals surface area contributed by atoms with Crippen LogP contribution in [-0.2, 0) is 4.79 Å². The zero-order chi connectivity index (χ0) is 17.2. The molecule has 1 saturated heterocycles. The Morgan fingerprint density at radius 2 is 2.08 bits per heavy atom. The molecular weight excluding hydrogens is 320 g/mol. The van der Waals surface area contributed by atoms with Crippen molar-refractivity contribution < 1.29 is 13.7 Å². The number of aryl methyl sites for hydroxylation is 1. The van der Waals surface area contributed by atoms with E-state index in [1.165, 1.54) is 0 Å². The third-order valence-corrected chi connectivity index (χ3v) is 4.19. The first-order valence-corrected chi connectivity index (χ1v) is 8.14. The largest absolute Gasteiger partial charge is 0.461 e. The average Bonchev–Trinajstić information content (AvgIpc) is 3.23. The molecule has 25 heavy (non-hydrogen) atoms. The summed E-state index contributed by atoms with van der Waals surface area (Å²) in [4.78, 5) is 18.5. The zero-order valence-corrected chi connectivity index (χ0v) is 13.8. The smallest absolute Gasteiger partial charge is 0.238 e. The highest BCUT2D eigenvalue weighted by Crippen LogP contribution is 2.27. The van der Waals surface area contributed by atoms with E-state index in [4.69, 9.17) is 8.94 Å². The van der Waals surface area contributed by atoms with Crippen molar-refractivity contribution in [3.63, 3.8) is 0 Å². The van der Waals surface area contributed by atoms with E-state index in [-0.39, 0.29) is 11.8 Å². The number of aromatic nitrogens is 2. The predicted octanol–water partition coefficient (Wildman–Crippen LogP) is 2.68. The molecule has 128 valence electrons. The number of amides is 1. The average molecular weight is 338 g/mol. The molecule has 4 rings (SSSR count). The summed E-state index contributed by atoms with van der Waals surface area (Å²) in [6, 6.07) is 11.3. The highest BCUT2D eigenvalue weighted by molar-refractivity contribution is 5.92. The SMILES string of the molecule is Cc1ccc(NC(=O)CN2CC(c3nc(-c4ccco4)no3)C2)cc1. The zero-order valence-electron chi connectivity index (χ0n) is 13.8. The third-order valence-electron chi connectivity index (χ3n) is 4.19. The normalized spacial score (nSPS) is 15.1. The van der Waals surface area contributed by atoms with Crippen LogP contribution in [-0.4, -0.2) is 40.6 Å². The Morgan fingerprint density at radius 3 is 2.80 bits per heavy atom. The Labute approximate surface area is 144 Å². The maximum atomic E-state index is 12.1. The number of benzene rings is 1. The Balaban J connectivity index is 1.27. The van der Waals surface area contributed by atoms with E-state index in [1.54, 1.807) is 18.4 Å². The van der Waals surface area contributed by atoms with Gasteiger partial charge in [0.25, 0.3) is 0 Å². The molecule has 0 radical (unpaired) electrons. The molecule has 1 aromatic carbocycles. The van der Waals surface area contributed by atoms with Gasteiger partial charge in [0.1, 0.15) is 0 Å². The van der Waals surface area contributed by atoms with Crippen LogP contribution >= 0.6 is 0 Å². The molecule has 1 fully saturated rings. The lowest BCUT2D eigenvalue weighted by atomic mass is 10.0. The number of nitrogens with zero attached hydrogens (tertiary/aromatic N) is 3. The minimum absolute atomic E-state index is 0.0240. The molecular formula is C18H18N4O3. The number of likely N-dealkylation sites (tertiary alicyclic amines) is 1. The van der Waals surface area contributed by atoms with Gasteiger partial charge in [0.2, 0.25) is 17.6 Å². The number of rotatable bonds is 5. The van der Waals surface area contributed by atoms with Gasteiger partial charge in [0, 0.05) is 18.8 Å². The quantitative estimate of drug-likeness (QED) is 0.770. The lowest BCUT2D eigenvalue weighted by Crippen LogP contribution is -2.48. The Kier molecular flexibility index (Phi) is 4.07. The Hall–Kier alpha value is -2.93. The monoisotopic (exact) mass is 338 g/mol. The van der Waals surface area contributed by atoms with Crippen molar-refractivity contribution in [3.8, 4) is 11.6 Å². The fourth-order valence-electron chi connectivity index (χ4n) is 2.80. The number of hydrogen-bond donors (Lipinski definition) is 1. The number of nitrogens with one attached hydrogen (secondary N) is 1. The van der Waals surface area contributed by atoms with Crippen molar-refractivity contribution in [2.24, 2.45) is 0 Å². The van der Waals surface area contributed by atoms with Crippen molar-refractivity contribution in [2.45, 2.75) is 12.8 Å². The van der Waals surface area contributed by atoms with Gasteiger partial charge in [-0.3, -0.25) is 9.69 Å². The summed E-state index contributed by atoms with van der Waals surface area (Å²) in [6.07, 6.45) is 1.57. The van der Waals surface area contributed by atoms with Crippen LogP contribution in [0, 0.1) is 6.92 Å². The lowest BCUT2D eigenvalue weighted by molar-refractivity contribution is -0.118. The van der Waals surface area contributed by atoms with Crippen LogP contribution in [0.5, 0.6) is 0 Å². The van der Waals surface area contributed by atoms with Crippen LogP contribution in [0.4, 0.5) is 5.69 Å². The number of hydrogen-bond acceptors (Lipinski definition) is 6. The summed E-state index contributed by atoms with van der Waals surface area (Å²) in [7, 11) is 0. The molecule has 3 heterocycles. The van der Waals surface area contributed by atoms with Gasteiger partial charge in [0.15, 0.2) is 5.76 Å². The number of furan rings is 1. The first-order valence-electron chi connectivity index (χ1n) is 8.14. The highest BCUT2D eigenvalue weighted by Gasteiger charge is 2.33. The van der Waals surface area contributed by atoms with E-state index in [0.29, 0.717) is 24.0 Å². The second-order valence-electron chi connectivity index (χ2n) is 6.24. The summed E-state index contributed by atoms with van der Waals surface area (Å²) >= 11 is 0. The van der Waals surface area contributed by atoms with Crippen molar-refractivity contribution in [1.29, 1.82) is 0 Å². The van der Waals surface area contributed by atoms with E-state index in [2.05, 4.69) is 15.5 Å². The van der Waals surface area contributed by atoms with Crippen LogP contribution in [0.1, 0.15) is 17.4 Å². The van der Waals surface area contributed by atoms with Crippen molar-refractivity contribution in [3.05, 3.63) is 54.1 Å². The van der Waals surface area contributed by atoms with E-state index in [0.717, 1.165) is 24.3 Å². The van der Waals surface area contributed by atoms with Crippen LogP contribution in [0.3, 0.4) is 0 Å². The first kappa shape index (κ1) is 15.6. The maximum Gasteiger partial charge on any atom is 0.238 e.